The molecule has 2 fully saturated rings. The molecule has 1 spiro atoms. The molecule has 0 radical (unpaired) electrons. The largest absolute Gasteiger partial charge is 0.308 e. The van der Waals surface area contributed by atoms with Crippen LogP contribution in [0.5, 0.6) is 0 Å². The van der Waals surface area contributed by atoms with Gasteiger partial charge in [-0.05, 0) is 48.6 Å². The Balaban J connectivity index is 1.78. The lowest BCUT2D eigenvalue weighted by molar-refractivity contribution is 0.00787. The lowest BCUT2D eigenvalue weighted by Crippen LogP contribution is -2.67. The zero-order valence-electron chi connectivity index (χ0n) is 12.2. The predicted molar refractivity (Wildman–Crippen MR) is 82.6 cm³/mol. The number of rotatable bonds is 3. The maximum Gasteiger partial charge on any atom is 0.0309 e. The number of nitrogens with one attached hydrogen (secondary N) is 1. The predicted octanol–water partition coefficient (Wildman–Crippen LogP) is 3.63. The molecule has 3 rings (SSSR count). The molecule has 1 aliphatic carbocycles. The summed E-state index contributed by atoms with van der Waals surface area (Å²) in [6.45, 7) is 8.25. The smallest absolute Gasteiger partial charge is 0.0309 e. The van der Waals surface area contributed by atoms with Gasteiger partial charge in [-0.1, -0.05) is 19.8 Å². The van der Waals surface area contributed by atoms with Gasteiger partial charge in [0, 0.05) is 30.7 Å². The number of hydrogen-bond donors (Lipinski definition) is 1. The van der Waals surface area contributed by atoms with Crippen molar-refractivity contribution in [1.29, 1.82) is 0 Å². The summed E-state index contributed by atoms with van der Waals surface area (Å²) in [5.41, 5.74) is 2.22. The first-order chi connectivity index (χ1) is 9.16. The van der Waals surface area contributed by atoms with E-state index in [1.54, 1.807) is 0 Å². The van der Waals surface area contributed by atoms with Crippen molar-refractivity contribution in [2.75, 3.05) is 13.1 Å². The third-order valence-electron chi connectivity index (χ3n) is 5.38. The summed E-state index contributed by atoms with van der Waals surface area (Å²) >= 11 is 1.82. The van der Waals surface area contributed by atoms with E-state index in [-0.39, 0.29) is 0 Å². The highest BCUT2D eigenvalue weighted by Gasteiger charge is 2.45. The van der Waals surface area contributed by atoms with E-state index < -0.39 is 0 Å². The summed E-state index contributed by atoms with van der Waals surface area (Å²) in [6, 6.07) is 2.28. The van der Waals surface area contributed by atoms with Crippen molar-refractivity contribution in [3.8, 4) is 0 Å². The third kappa shape index (κ3) is 2.61. The quantitative estimate of drug-likeness (QED) is 0.908. The van der Waals surface area contributed by atoms with E-state index in [9.17, 15) is 0 Å². The first-order valence-corrected chi connectivity index (χ1v) is 8.61. The van der Waals surface area contributed by atoms with Crippen LogP contribution in [0.1, 0.15) is 51.5 Å². The van der Waals surface area contributed by atoms with Crippen LogP contribution in [0.2, 0.25) is 0 Å². The minimum Gasteiger partial charge on any atom is -0.308 e. The van der Waals surface area contributed by atoms with Gasteiger partial charge >= 0.3 is 0 Å². The summed E-state index contributed by atoms with van der Waals surface area (Å²) < 4.78 is 0. The first-order valence-electron chi connectivity index (χ1n) is 7.67. The SMILES string of the molecule is CCC1(C)CNC2(CCCC2)CN1Cc1ccsc1. The minimum absolute atomic E-state index is 0.315. The number of nitrogens with zero attached hydrogens (tertiary/aromatic N) is 1. The topological polar surface area (TPSA) is 15.3 Å². The molecule has 0 amide bonds. The van der Waals surface area contributed by atoms with Crippen molar-refractivity contribution in [3.63, 3.8) is 0 Å². The van der Waals surface area contributed by atoms with Crippen molar-refractivity contribution >= 4 is 11.3 Å². The van der Waals surface area contributed by atoms with Gasteiger partial charge < -0.3 is 5.32 Å². The van der Waals surface area contributed by atoms with Crippen molar-refractivity contribution < 1.29 is 0 Å². The van der Waals surface area contributed by atoms with Gasteiger partial charge in [0.15, 0.2) is 0 Å². The molecule has 106 valence electrons. The molecule has 1 saturated carbocycles. The third-order valence-corrected chi connectivity index (χ3v) is 6.11. The Kier molecular flexibility index (Phi) is 3.71. The molecule has 1 aliphatic heterocycles. The van der Waals surface area contributed by atoms with Gasteiger partial charge in [0.1, 0.15) is 0 Å². The Bertz CT molecular complexity index is 408. The molecule has 0 aromatic carbocycles. The summed E-state index contributed by atoms with van der Waals surface area (Å²) in [7, 11) is 0. The molecule has 0 bridgehead atoms. The van der Waals surface area contributed by atoms with Crippen LogP contribution in [0.15, 0.2) is 16.8 Å². The van der Waals surface area contributed by atoms with Crippen LogP contribution in [0.25, 0.3) is 0 Å². The standard InChI is InChI=1S/C16H26N2S/c1-3-15(2)12-17-16(7-4-5-8-16)13-18(15)10-14-6-9-19-11-14/h6,9,11,17H,3-5,7-8,10,12-13H2,1-2H3. The van der Waals surface area contributed by atoms with Crippen LogP contribution in [0.4, 0.5) is 0 Å². The van der Waals surface area contributed by atoms with E-state index in [0.717, 1.165) is 13.1 Å². The van der Waals surface area contributed by atoms with Crippen LogP contribution in [-0.4, -0.2) is 29.1 Å². The summed E-state index contributed by atoms with van der Waals surface area (Å²) in [6.07, 6.45) is 6.77. The summed E-state index contributed by atoms with van der Waals surface area (Å²) in [5, 5.41) is 8.41. The fraction of sp³-hybridized carbons (Fsp3) is 0.750. The number of thiophene rings is 1. The highest BCUT2D eigenvalue weighted by molar-refractivity contribution is 7.07. The van der Waals surface area contributed by atoms with Gasteiger partial charge in [-0.25, -0.2) is 0 Å². The Labute approximate surface area is 121 Å². The molecule has 1 aromatic rings. The molecule has 1 aromatic heterocycles. The Hall–Kier alpha value is -0.380. The van der Waals surface area contributed by atoms with Crippen LogP contribution < -0.4 is 5.32 Å². The fourth-order valence-corrected chi connectivity index (χ4v) is 4.35. The van der Waals surface area contributed by atoms with Gasteiger partial charge in [-0.3, -0.25) is 4.90 Å². The zero-order valence-corrected chi connectivity index (χ0v) is 13.1. The van der Waals surface area contributed by atoms with Crippen molar-refractivity contribution in [2.45, 2.75) is 63.6 Å². The van der Waals surface area contributed by atoms with Gasteiger partial charge in [0.25, 0.3) is 0 Å². The lowest BCUT2D eigenvalue weighted by atomic mass is 9.85. The fourth-order valence-electron chi connectivity index (χ4n) is 3.69. The van der Waals surface area contributed by atoms with Gasteiger partial charge in [-0.15, -0.1) is 0 Å². The van der Waals surface area contributed by atoms with E-state index in [1.165, 1.54) is 44.2 Å². The van der Waals surface area contributed by atoms with Crippen molar-refractivity contribution in [1.82, 2.24) is 10.2 Å². The molecular weight excluding hydrogens is 252 g/mol. The maximum absolute atomic E-state index is 3.91. The van der Waals surface area contributed by atoms with E-state index in [1.807, 2.05) is 11.3 Å². The maximum atomic E-state index is 3.91. The summed E-state index contributed by atoms with van der Waals surface area (Å²) in [5.74, 6) is 0. The number of hydrogen-bond acceptors (Lipinski definition) is 3. The van der Waals surface area contributed by atoms with E-state index in [4.69, 9.17) is 0 Å². The second-order valence-electron chi connectivity index (χ2n) is 6.68. The normalized spacial score (nSPS) is 31.1. The average molecular weight is 278 g/mol. The molecule has 3 heteroatoms. The Morgan fingerprint density at radius 3 is 2.79 bits per heavy atom. The monoisotopic (exact) mass is 278 g/mol. The number of piperazine rings is 1. The molecule has 19 heavy (non-hydrogen) atoms. The molecule has 2 nitrogen and oxygen atoms in total. The molecule has 1 unspecified atom stereocenters. The second kappa shape index (κ2) is 5.19. The molecule has 2 heterocycles. The summed E-state index contributed by atoms with van der Waals surface area (Å²) in [4.78, 5) is 2.75. The Morgan fingerprint density at radius 2 is 2.16 bits per heavy atom. The molecule has 1 N–H and O–H groups in total. The highest BCUT2D eigenvalue weighted by atomic mass is 32.1. The van der Waals surface area contributed by atoms with Crippen molar-refractivity contribution in [2.24, 2.45) is 0 Å². The van der Waals surface area contributed by atoms with Crippen LogP contribution in [0, 0.1) is 0 Å². The van der Waals surface area contributed by atoms with E-state index in [0.29, 0.717) is 11.1 Å². The van der Waals surface area contributed by atoms with Crippen LogP contribution in [-0.2, 0) is 6.54 Å². The lowest BCUT2D eigenvalue weighted by Gasteiger charge is -2.52. The van der Waals surface area contributed by atoms with E-state index >= 15 is 0 Å². The molecule has 1 saturated heterocycles. The van der Waals surface area contributed by atoms with Crippen LogP contribution >= 0.6 is 11.3 Å². The van der Waals surface area contributed by atoms with Gasteiger partial charge in [0.05, 0.1) is 0 Å². The minimum atomic E-state index is 0.315. The molecule has 2 aliphatic rings. The van der Waals surface area contributed by atoms with Gasteiger partial charge in [-0.2, -0.15) is 11.3 Å². The molecular formula is C16H26N2S. The average Bonchev–Trinajstić information content (AvgIpc) is 3.07. The van der Waals surface area contributed by atoms with Gasteiger partial charge in [0.2, 0.25) is 0 Å². The highest BCUT2D eigenvalue weighted by Crippen LogP contribution is 2.37. The zero-order chi connectivity index (χ0) is 13.3. The molecule has 1 atom stereocenters. The Morgan fingerprint density at radius 1 is 1.37 bits per heavy atom. The van der Waals surface area contributed by atoms with E-state index in [2.05, 4.69) is 40.9 Å². The first kappa shape index (κ1) is 13.6. The van der Waals surface area contributed by atoms with Crippen molar-refractivity contribution in [3.05, 3.63) is 22.4 Å². The van der Waals surface area contributed by atoms with Crippen LogP contribution in [0.3, 0.4) is 0 Å². The second-order valence-corrected chi connectivity index (χ2v) is 7.46.